The lowest BCUT2D eigenvalue weighted by atomic mass is 10.0. The quantitative estimate of drug-likeness (QED) is 0.413. The second kappa shape index (κ2) is 5.17. The molecule has 116 valence electrons. The number of para-hydroxylation sites is 2. The van der Waals surface area contributed by atoms with Crippen LogP contribution in [0.5, 0.6) is 0 Å². The summed E-state index contributed by atoms with van der Waals surface area (Å²) in [6.07, 6.45) is 5.37. The van der Waals surface area contributed by atoms with Crippen LogP contribution >= 0.6 is 0 Å². The first-order valence-electron chi connectivity index (χ1n) is 7.80. The number of nitrogens with zero attached hydrogens (tertiary/aromatic N) is 1. The van der Waals surface area contributed by atoms with E-state index in [1.165, 1.54) is 0 Å². The van der Waals surface area contributed by atoms with Crippen molar-refractivity contribution >= 4 is 39.3 Å². The van der Waals surface area contributed by atoms with Crippen LogP contribution in [0, 0.1) is 0 Å². The van der Waals surface area contributed by atoms with Crippen LogP contribution in [-0.2, 0) is 0 Å². The molecule has 0 spiro atoms. The van der Waals surface area contributed by atoms with E-state index in [0.29, 0.717) is 27.2 Å². The average Bonchev–Trinajstić information content (AvgIpc) is 2.61. The van der Waals surface area contributed by atoms with Crippen LogP contribution in [0.3, 0.4) is 0 Å². The predicted octanol–water partition coefficient (Wildman–Crippen LogP) is 4.08. The zero-order valence-corrected chi connectivity index (χ0v) is 13.2. The molecule has 4 aromatic rings. The van der Waals surface area contributed by atoms with Gasteiger partial charge in [-0.2, -0.15) is 0 Å². The number of rotatable bonds is 2. The fourth-order valence-electron chi connectivity index (χ4n) is 3.43. The molecule has 2 aromatic carbocycles. The molecule has 0 fully saturated rings. The molecular formula is C21H15NO2. The summed E-state index contributed by atoms with van der Waals surface area (Å²) in [7, 11) is 0. The summed E-state index contributed by atoms with van der Waals surface area (Å²) >= 11 is 0. The van der Waals surface area contributed by atoms with Gasteiger partial charge >= 0.3 is 0 Å². The van der Waals surface area contributed by atoms with Crippen LogP contribution < -0.4 is 10.9 Å². The second-order valence-electron chi connectivity index (χ2n) is 5.72. The van der Waals surface area contributed by atoms with Crippen molar-refractivity contribution < 1.29 is 0 Å². The summed E-state index contributed by atoms with van der Waals surface area (Å²) < 4.78 is 2.00. The van der Waals surface area contributed by atoms with E-state index in [9.17, 15) is 9.59 Å². The molecule has 4 rings (SSSR count). The number of pyridine rings is 2. The summed E-state index contributed by atoms with van der Waals surface area (Å²) in [6.45, 7) is 5.72. The second-order valence-corrected chi connectivity index (χ2v) is 5.72. The van der Waals surface area contributed by atoms with Crippen molar-refractivity contribution in [2.75, 3.05) is 0 Å². The maximum Gasteiger partial charge on any atom is 0.197 e. The van der Waals surface area contributed by atoms with E-state index in [0.717, 1.165) is 11.2 Å². The average molecular weight is 313 g/mol. The number of aromatic nitrogens is 1. The molecule has 0 aliphatic rings. The highest BCUT2D eigenvalue weighted by Crippen LogP contribution is 2.26. The molecule has 0 saturated carbocycles. The third-order valence-corrected chi connectivity index (χ3v) is 4.43. The molecule has 2 heterocycles. The third-order valence-electron chi connectivity index (χ3n) is 4.43. The van der Waals surface area contributed by atoms with Crippen molar-refractivity contribution in [3.05, 3.63) is 86.8 Å². The van der Waals surface area contributed by atoms with E-state index in [-0.39, 0.29) is 10.9 Å². The van der Waals surface area contributed by atoms with Gasteiger partial charge in [-0.3, -0.25) is 9.59 Å². The van der Waals surface area contributed by atoms with Gasteiger partial charge < -0.3 is 4.40 Å². The van der Waals surface area contributed by atoms with Gasteiger partial charge in [-0.25, -0.2) is 0 Å². The molecule has 0 N–H and O–H groups in total. The minimum absolute atomic E-state index is 0.0478. The SMILES string of the molecule is C=Cc1c(C=CC)n2c3ccccc3c(=O)c3cccc(c1=O)c32. The van der Waals surface area contributed by atoms with Gasteiger partial charge in [-0.1, -0.05) is 36.9 Å². The van der Waals surface area contributed by atoms with Crippen molar-refractivity contribution in [3.8, 4) is 0 Å². The minimum atomic E-state index is -0.0987. The molecule has 0 atom stereocenters. The van der Waals surface area contributed by atoms with Crippen LogP contribution in [0.4, 0.5) is 0 Å². The minimum Gasteiger partial charge on any atom is -0.308 e. The van der Waals surface area contributed by atoms with E-state index in [1.807, 2.05) is 47.7 Å². The Morgan fingerprint density at radius 2 is 1.58 bits per heavy atom. The fourth-order valence-corrected chi connectivity index (χ4v) is 3.43. The molecule has 24 heavy (non-hydrogen) atoms. The van der Waals surface area contributed by atoms with Crippen LogP contribution in [-0.4, -0.2) is 4.40 Å². The normalized spacial score (nSPS) is 11.9. The smallest absolute Gasteiger partial charge is 0.197 e. The molecule has 0 amide bonds. The molecule has 2 aromatic heterocycles. The Kier molecular flexibility index (Phi) is 3.10. The Morgan fingerprint density at radius 3 is 2.29 bits per heavy atom. The van der Waals surface area contributed by atoms with E-state index >= 15 is 0 Å². The van der Waals surface area contributed by atoms with Crippen LogP contribution in [0.1, 0.15) is 18.2 Å². The molecule has 0 aliphatic heterocycles. The highest BCUT2D eigenvalue weighted by molar-refractivity contribution is 6.03. The Balaban J connectivity index is 2.54. The number of fused-ring (bicyclic) bond motifs is 2. The molecule has 0 bridgehead atoms. The molecule has 0 radical (unpaired) electrons. The summed E-state index contributed by atoms with van der Waals surface area (Å²) in [5.74, 6) is 0. The lowest BCUT2D eigenvalue weighted by Gasteiger charge is -2.16. The lowest BCUT2D eigenvalue weighted by Crippen LogP contribution is -2.17. The van der Waals surface area contributed by atoms with Gasteiger partial charge in [0.1, 0.15) is 0 Å². The van der Waals surface area contributed by atoms with Crippen molar-refractivity contribution in [1.82, 2.24) is 4.40 Å². The standard InChI is InChI=1S/C21H15NO2/c1-3-8-17-13(4-2)20(23)15-10-7-11-16-19(15)22(17)18-12-6-5-9-14(18)21(16)24/h3-12H,2H2,1H3. The van der Waals surface area contributed by atoms with Gasteiger partial charge in [0.2, 0.25) is 0 Å². The highest BCUT2D eigenvalue weighted by Gasteiger charge is 2.17. The number of hydrogen-bond donors (Lipinski definition) is 0. The van der Waals surface area contributed by atoms with E-state index in [1.54, 1.807) is 24.3 Å². The maximum atomic E-state index is 12.9. The van der Waals surface area contributed by atoms with Gasteiger partial charge in [0.05, 0.1) is 16.7 Å². The van der Waals surface area contributed by atoms with Gasteiger partial charge in [0, 0.05) is 21.7 Å². The van der Waals surface area contributed by atoms with Gasteiger partial charge in [0.25, 0.3) is 0 Å². The molecule has 3 nitrogen and oxygen atoms in total. The van der Waals surface area contributed by atoms with Crippen molar-refractivity contribution in [3.63, 3.8) is 0 Å². The Morgan fingerprint density at radius 1 is 0.917 bits per heavy atom. The topological polar surface area (TPSA) is 38.5 Å². The Bertz CT molecular complexity index is 1260. The zero-order chi connectivity index (χ0) is 16.8. The Labute approximate surface area is 138 Å². The first-order valence-corrected chi connectivity index (χ1v) is 7.80. The van der Waals surface area contributed by atoms with Crippen molar-refractivity contribution in [2.24, 2.45) is 0 Å². The van der Waals surface area contributed by atoms with Gasteiger partial charge in [0.15, 0.2) is 10.9 Å². The summed E-state index contributed by atoms with van der Waals surface area (Å²) in [5.41, 5.74) is 2.61. The zero-order valence-electron chi connectivity index (χ0n) is 13.2. The molecule has 3 heteroatoms. The first kappa shape index (κ1) is 14.4. The van der Waals surface area contributed by atoms with E-state index in [4.69, 9.17) is 0 Å². The van der Waals surface area contributed by atoms with Crippen LogP contribution in [0.15, 0.2) is 64.7 Å². The van der Waals surface area contributed by atoms with E-state index < -0.39 is 0 Å². The first-order chi connectivity index (χ1) is 11.7. The number of hydrogen-bond acceptors (Lipinski definition) is 2. The lowest BCUT2D eigenvalue weighted by molar-refractivity contribution is 1.19. The number of benzene rings is 2. The van der Waals surface area contributed by atoms with Gasteiger partial charge in [-0.15, -0.1) is 0 Å². The van der Waals surface area contributed by atoms with Crippen LogP contribution in [0.25, 0.3) is 39.3 Å². The molecule has 0 saturated heterocycles. The van der Waals surface area contributed by atoms with Crippen LogP contribution in [0.2, 0.25) is 0 Å². The van der Waals surface area contributed by atoms with Crippen molar-refractivity contribution in [2.45, 2.75) is 6.92 Å². The summed E-state index contributed by atoms with van der Waals surface area (Å²) in [4.78, 5) is 25.8. The third kappa shape index (κ3) is 1.72. The summed E-state index contributed by atoms with van der Waals surface area (Å²) in [5, 5.41) is 1.74. The van der Waals surface area contributed by atoms with Crippen molar-refractivity contribution in [1.29, 1.82) is 0 Å². The predicted molar refractivity (Wildman–Crippen MR) is 101 cm³/mol. The molecule has 0 unspecified atom stereocenters. The molecular weight excluding hydrogens is 298 g/mol. The number of allylic oxidation sites excluding steroid dienone is 1. The highest BCUT2D eigenvalue weighted by atomic mass is 16.1. The largest absolute Gasteiger partial charge is 0.308 e. The summed E-state index contributed by atoms with van der Waals surface area (Å²) in [6, 6.07) is 12.8. The Hall–Kier alpha value is -3.20. The molecule has 0 aliphatic carbocycles. The van der Waals surface area contributed by atoms with E-state index in [2.05, 4.69) is 6.58 Å². The fraction of sp³-hybridized carbons (Fsp3) is 0.0476. The van der Waals surface area contributed by atoms with Gasteiger partial charge in [-0.05, 0) is 37.3 Å². The maximum absolute atomic E-state index is 12.9. The monoisotopic (exact) mass is 313 g/mol.